The Morgan fingerprint density at radius 3 is 2.74 bits per heavy atom. The first-order chi connectivity index (χ1) is 17.0. The van der Waals surface area contributed by atoms with Crippen LogP contribution in [0.3, 0.4) is 0 Å². The first kappa shape index (κ1) is 25.1. The number of carbonyl (C=O) groups is 1. The number of methoxy groups -OCH3 is 1. The predicted octanol–water partition coefficient (Wildman–Crippen LogP) is 5.88. The van der Waals surface area contributed by atoms with Crippen LogP contribution in [0.4, 0.5) is 11.6 Å². The number of fused-ring (bicyclic) bond motifs is 1. The lowest BCUT2D eigenvalue weighted by Gasteiger charge is -2.29. The fourth-order valence-electron chi connectivity index (χ4n) is 3.88. The topological polar surface area (TPSA) is 90.3 Å². The summed E-state index contributed by atoms with van der Waals surface area (Å²) in [6, 6.07) is 12.7. The average molecular weight is 559 g/mol. The van der Waals surface area contributed by atoms with Crippen LogP contribution in [0.2, 0.25) is 0 Å². The van der Waals surface area contributed by atoms with Crippen LogP contribution in [0, 0.1) is 0 Å². The molecule has 8 nitrogen and oxygen atoms in total. The van der Waals surface area contributed by atoms with Gasteiger partial charge in [-0.15, -0.1) is 5.10 Å². The van der Waals surface area contributed by atoms with Gasteiger partial charge in [-0.2, -0.15) is 4.98 Å². The molecule has 0 bridgehead atoms. The van der Waals surface area contributed by atoms with Crippen molar-refractivity contribution in [3.05, 3.63) is 63.8 Å². The highest BCUT2D eigenvalue weighted by Crippen LogP contribution is 2.39. The van der Waals surface area contributed by atoms with Crippen LogP contribution in [0.5, 0.6) is 11.5 Å². The maximum atomic E-state index is 13.7. The minimum absolute atomic E-state index is 0.247. The molecule has 10 heteroatoms. The molecule has 4 rings (SSSR count). The molecule has 1 aliphatic rings. The summed E-state index contributed by atoms with van der Waals surface area (Å²) in [4.78, 5) is 18.4. The van der Waals surface area contributed by atoms with Crippen LogP contribution in [0.25, 0.3) is 0 Å². The molecule has 2 aromatic carbocycles. The van der Waals surface area contributed by atoms with Crippen molar-refractivity contribution in [1.82, 2.24) is 14.8 Å². The summed E-state index contributed by atoms with van der Waals surface area (Å²) in [6.45, 7) is 6.41. The van der Waals surface area contributed by atoms with Crippen LogP contribution in [0.1, 0.15) is 38.8 Å². The lowest BCUT2D eigenvalue weighted by atomic mass is 9.95. The Morgan fingerprint density at radius 2 is 2.03 bits per heavy atom. The molecule has 3 aromatic rings. The standard InChI is InChI=1S/C25H28BrN5O3S/c1-5-13-35-25-29-24-27-15(3)21(23(32)28-18-9-7-8-10-20(18)34-6-2)22(31(24)30-25)16-11-12-19(33-4)17(26)14-16/h7-12,14,22H,5-6,13H2,1-4H3,(H,28,32)(H,27,29,30). The quantitative estimate of drug-likeness (QED) is 0.317. The second-order valence-corrected chi connectivity index (χ2v) is 9.77. The largest absolute Gasteiger partial charge is 0.496 e. The fourth-order valence-corrected chi connectivity index (χ4v) is 5.12. The lowest BCUT2D eigenvalue weighted by molar-refractivity contribution is -0.113. The molecule has 1 aliphatic heterocycles. The van der Waals surface area contributed by atoms with Crippen molar-refractivity contribution in [2.24, 2.45) is 0 Å². The van der Waals surface area contributed by atoms with E-state index in [2.05, 4.69) is 38.5 Å². The third-order valence-corrected chi connectivity index (χ3v) is 7.10. The van der Waals surface area contributed by atoms with Gasteiger partial charge < -0.3 is 20.1 Å². The van der Waals surface area contributed by atoms with E-state index >= 15 is 0 Å². The van der Waals surface area contributed by atoms with Crippen LogP contribution in [-0.2, 0) is 4.79 Å². The second-order valence-electron chi connectivity index (χ2n) is 7.85. The minimum Gasteiger partial charge on any atom is -0.496 e. The Morgan fingerprint density at radius 1 is 1.23 bits per heavy atom. The molecule has 0 saturated carbocycles. The molecule has 1 aromatic heterocycles. The predicted molar refractivity (Wildman–Crippen MR) is 142 cm³/mol. The van der Waals surface area contributed by atoms with Crippen LogP contribution in [-0.4, -0.2) is 40.1 Å². The summed E-state index contributed by atoms with van der Waals surface area (Å²) in [5, 5.41) is 11.7. The van der Waals surface area contributed by atoms with Crippen LogP contribution in [0.15, 0.2) is 63.4 Å². The van der Waals surface area contributed by atoms with Gasteiger partial charge >= 0.3 is 0 Å². The molecular weight excluding hydrogens is 530 g/mol. The number of thioether (sulfide) groups is 1. The Kier molecular flexibility index (Phi) is 8.02. The van der Waals surface area contributed by atoms with E-state index in [0.29, 0.717) is 46.2 Å². The van der Waals surface area contributed by atoms with E-state index in [1.54, 1.807) is 23.6 Å². The van der Waals surface area contributed by atoms with Crippen molar-refractivity contribution >= 4 is 45.2 Å². The fraction of sp³-hybridized carbons (Fsp3) is 0.320. The van der Waals surface area contributed by atoms with E-state index in [1.165, 1.54) is 0 Å². The first-order valence-corrected chi connectivity index (χ1v) is 13.2. The van der Waals surface area contributed by atoms with E-state index < -0.39 is 6.04 Å². The van der Waals surface area contributed by atoms with Crippen molar-refractivity contribution < 1.29 is 14.3 Å². The SMILES string of the molecule is CCCSc1nc2n(n1)C(c1ccc(OC)c(Br)c1)C(C(=O)Nc1ccccc1OCC)=C(C)N2. The number of amides is 1. The normalized spacial score (nSPS) is 14.8. The zero-order chi connectivity index (χ0) is 24.9. The highest BCUT2D eigenvalue weighted by atomic mass is 79.9. The van der Waals surface area contributed by atoms with Crippen molar-refractivity contribution in [2.45, 2.75) is 38.4 Å². The molecule has 0 saturated heterocycles. The lowest BCUT2D eigenvalue weighted by Crippen LogP contribution is -2.31. The van der Waals surface area contributed by atoms with E-state index in [1.807, 2.05) is 56.3 Å². The van der Waals surface area contributed by atoms with Crippen molar-refractivity contribution in [3.8, 4) is 11.5 Å². The number of rotatable bonds is 9. The Labute approximate surface area is 217 Å². The summed E-state index contributed by atoms with van der Waals surface area (Å²) >= 11 is 5.18. The van der Waals surface area contributed by atoms with Gasteiger partial charge in [0, 0.05) is 11.4 Å². The van der Waals surface area contributed by atoms with Gasteiger partial charge in [-0.05, 0) is 66.0 Å². The molecule has 0 spiro atoms. The number of nitrogens with one attached hydrogen (secondary N) is 2. The number of hydrogen-bond donors (Lipinski definition) is 2. The summed E-state index contributed by atoms with van der Waals surface area (Å²) in [6.07, 6.45) is 1.01. The number of hydrogen-bond acceptors (Lipinski definition) is 7. The van der Waals surface area contributed by atoms with E-state index in [-0.39, 0.29) is 5.91 Å². The minimum atomic E-state index is -0.490. The molecular formula is C25H28BrN5O3S. The molecule has 1 unspecified atom stereocenters. The third-order valence-electron chi connectivity index (χ3n) is 5.44. The molecule has 1 amide bonds. The highest BCUT2D eigenvalue weighted by Gasteiger charge is 2.35. The number of halogens is 1. The first-order valence-electron chi connectivity index (χ1n) is 11.4. The number of allylic oxidation sites excluding steroid dienone is 1. The smallest absolute Gasteiger partial charge is 0.255 e. The second kappa shape index (κ2) is 11.2. The maximum Gasteiger partial charge on any atom is 0.255 e. The van der Waals surface area contributed by atoms with Crippen molar-refractivity contribution in [3.63, 3.8) is 0 Å². The number of anilines is 2. The summed E-state index contributed by atoms with van der Waals surface area (Å²) in [5.74, 6) is 2.59. The number of aromatic nitrogens is 3. The van der Waals surface area contributed by atoms with Gasteiger partial charge in [-0.25, -0.2) is 4.68 Å². The summed E-state index contributed by atoms with van der Waals surface area (Å²) < 4.78 is 13.7. The number of ether oxygens (including phenoxy) is 2. The molecule has 1 atom stereocenters. The Bertz CT molecular complexity index is 1260. The molecule has 35 heavy (non-hydrogen) atoms. The number of carbonyl (C=O) groups excluding carboxylic acids is 1. The molecule has 0 radical (unpaired) electrons. The van der Waals surface area contributed by atoms with Gasteiger partial charge in [0.15, 0.2) is 0 Å². The maximum absolute atomic E-state index is 13.7. The number of benzene rings is 2. The van der Waals surface area contributed by atoms with Gasteiger partial charge in [-0.3, -0.25) is 4.79 Å². The van der Waals surface area contributed by atoms with E-state index in [0.717, 1.165) is 22.2 Å². The van der Waals surface area contributed by atoms with E-state index in [4.69, 9.17) is 14.6 Å². The van der Waals surface area contributed by atoms with Crippen LogP contribution >= 0.6 is 27.7 Å². The van der Waals surface area contributed by atoms with Gasteiger partial charge in [0.05, 0.1) is 29.4 Å². The molecule has 0 aliphatic carbocycles. The van der Waals surface area contributed by atoms with Crippen LogP contribution < -0.4 is 20.1 Å². The monoisotopic (exact) mass is 557 g/mol. The highest BCUT2D eigenvalue weighted by molar-refractivity contribution is 9.10. The van der Waals surface area contributed by atoms with Gasteiger partial charge in [0.1, 0.15) is 17.5 Å². The van der Waals surface area contributed by atoms with Crippen molar-refractivity contribution in [1.29, 1.82) is 0 Å². The van der Waals surface area contributed by atoms with Gasteiger partial charge in [0.2, 0.25) is 11.1 Å². The molecule has 184 valence electrons. The average Bonchev–Trinajstić information content (AvgIpc) is 3.25. The van der Waals surface area contributed by atoms with Crippen molar-refractivity contribution in [2.75, 3.05) is 30.1 Å². The number of nitrogens with zero attached hydrogens (tertiary/aromatic N) is 3. The third kappa shape index (κ3) is 5.33. The zero-order valence-electron chi connectivity index (χ0n) is 20.1. The molecule has 2 N–H and O–H groups in total. The van der Waals surface area contributed by atoms with E-state index in [9.17, 15) is 4.79 Å². The summed E-state index contributed by atoms with van der Waals surface area (Å²) in [5.41, 5.74) is 2.73. The summed E-state index contributed by atoms with van der Waals surface area (Å²) in [7, 11) is 1.62. The molecule has 2 heterocycles. The zero-order valence-corrected chi connectivity index (χ0v) is 22.5. The number of para-hydroxylation sites is 2. The Balaban J connectivity index is 1.77. The van der Waals surface area contributed by atoms with Gasteiger partial charge in [-0.1, -0.05) is 36.9 Å². The Hall–Kier alpha value is -2.98. The van der Waals surface area contributed by atoms with Gasteiger partial charge in [0.25, 0.3) is 5.91 Å². The molecule has 0 fully saturated rings.